The van der Waals surface area contributed by atoms with Crippen LogP contribution in [0, 0.1) is 11.3 Å². The summed E-state index contributed by atoms with van der Waals surface area (Å²) >= 11 is 4.86. The molecule has 0 saturated heterocycles. The number of thiol groups is 1. The molecule has 3 unspecified atom stereocenters. The number of fused-ring (bicyclic) bond motifs is 1. The van der Waals surface area contributed by atoms with Crippen molar-refractivity contribution in [2.24, 2.45) is 11.3 Å². The van der Waals surface area contributed by atoms with Crippen LogP contribution in [0.5, 0.6) is 0 Å². The van der Waals surface area contributed by atoms with Gasteiger partial charge in [-0.15, -0.1) is 0 Å². The van der Waals surface area contributed by atoms with Gasteiger partial charge in [0.15, 0.2) is 0 Å². The molecule has 0 amide bonds. The van der Waals surface area contributed by atoms with Crippen molar-refractivity contribution in [1.29, 1.82) is 0 Å². The summed E-state index contributed by atoms with van der Waals surface area (Å²) in [5.41, 5.74) is 0.529. The van der Waals surface area contributed by atoms with Gasteiger partial charge in [0.25, 0.3) is 0 Å². The summed E-state index contributed by atoms with van der Waals surface area (Å²) in [4.78, 5) is 0. The molecule has 0 radical (unpaired) electrons. The molecule has 2 rings (SSSR count). The van der Waals surface area contributed by atoms with Gasteiger partial charge >= 0.3 is 0 Å². The summed E-state index contributed by atoms with van der Waals surface area (Å²) in [5, 5.41) is 0. The zero-order valence-corrected chi connectivity index (χ0v) is 8.90. The van der Waals surface area contributed by atoms with Gasteiger partial charge in [-0.2, -0.15) is 12.6 Å². The maximum atomic E-state index is 4.86. The first-order valence-electron chi connectivity index (χ1n) is 4.99. The third-order valence-corrected chi connectivity index (χ3v) is 5.39. The number of hydrogen-bond acceptors (Lipinski definition) is 1. The van der Waals surface area contributed by atoms with Crippen LogP contribution in [0.15, 0.2) is 12.2 Å². The smallest absolute Gasteiger partial charge is 0.0220 e. The van der Waals surface area contributed by atoms with Gasteiger partial charge in [0, 0.05) is 4.75 Å². The fraction of sp³-hybridized carbons (Fsp3) is 0.818. The van der Waals surface area contributed by atoms with Crippen LogP contribution in [-0.2, 0) is 0 Å². The highest BCUT2D eigenvalue weighted by molar-refractivity contribution is 7.82. The van der Waals surface area contributed by atoms with E-state index in [-0.39, 0.29) is 0 Å². The normalized spacial score (nSPS) is 55.1. The topological polar surface area (TPSA) is 0 Å². The van der Waals surface area contributed by atoms with Crippen molar-refractivity contribution in [2.45, 2.75) is 44.3 Å². The van der Waals surface area contributed by atoms with Gasteiger partial charge in [-0.25, -0.2) is 0 Å². The molecule has 2 aliphatic rings. The van der Waals surface area contributed by atoms with Crippen LogP contribution >= 0.6 is 12.6 Å². The summed E-state index contributed by atoms with van der Waals surface area (Å²) in [5.74, 6) is 0.813. The second-order valence-corrected chi connectivity index (χ2v) is 5.41. The van der Waals surface area contributed by atoms with Gasteiger partial charge in [-0.3, -0.25) is 0 Å². The van der Waals surface area contributed by atoms with E-state index >= 15 is 0 Å². The van der Waals surface area contributed by atoms with Gasteiger partial charge in [0.05, 0.1) is 0 Å². The van der Waals surface area contributed by atoms with Gasteiger partial charge in [0.1, 0.15) is 0 Å². The Morgan fingerprint density at radius 1 is 1.25 bits per heavy atom. The van der Waals surface area contributed by atoms with Crippen molar-refractivity contribution in [2.75, 3.05) is 0 Å². The van der Waals surface area contributed by atoms with Crippen LogP contribution in [0.1, 0.15) is 39.5 Å². The molecule has 0 N–H and O–H groups in total. The van der Waals surface area contributed by atoms with E-state index in [4.69, 9.17) is 12.6 Å². The SMILES string of the molecule is CC1C2(C)CC/C=C\CCC12S. The van der Waals surface area contributed by atoms with Crippen molar-refractivity contribution in [3.63, 3.8) is 0 Å². The minimum absolute atomic E-state index is 0.359. The molecule has 0 nitrogen and oxygen atoms in total. The molecule has 1 saturated carbocycles. The van der Waals surface area contributed by atoms with E-state index in [1.54, 1.807) is 0 Å². The van der Waals surface area contributed by atoms with E-state index in [1.165, 1.54) is 25.7 Å². The van der Waals surface area contributed by atoms with Crippen molar-refractivity contribution in [1.82, 2.24) is 0 Å². The molecule has 1 heteroatoms. The Kier molecular flexibility index (Phi) is 1.84. The zero-order chi connectivity index (χ0) is 8.82. The Balaban J connectivity index is 2.18. The Labute approximate surface area is 80.8 Å². The van der Waals surface area contributed by atoms with Gasteiger partial charge < -0.3 is 0 Å². The average Bonchev–Trinajstić information content (AvgIpc) is 2.39. The zero-order valence-electron chi connectivity index (χ0n) is 8.01. The highest BCUT2D eigenvalue weighted by atomic mass is 32.1. The van der Waals surface area contributed by atoms with E-state index in [1.807, 2.05) is 0 Å². The predicted octanol–water partition coefficient (Wildman–Crippen LogP) is 3.44. The highest BCUT2D eigenvalue weighted by Gasteiger charge is 2.67. The van der Waals surface area contributed by atoms with Crippen LogP contribution in [0.3, 0.4) is 0 Å². The lowest BCUT2D eigenvalue weighted by Crippen LogP contribution is -2.12. The Morgan fingerprint density at radius 2 is 1.83 bits per heavy atom. The van der Waals surface area contributed by atoms with E-state index in [0.717, 1.165) is 5.92 Å². The van der Waals surface area contributed by atoms with E-state index in [0.29, 0.717) is 10.2 Å². The molecule has 0 aromatic heterocycles. The molecule has 3 atom stereocenters. The standard InChI is InChI=1S/C11H18S/c1-9-10(2)7-5-3-4-6-8-11(9,10)12/h3-4,9,12H,5-8H2,1-2H3/b4-3-. The lowest BCUT2D eigenvalue weighted by molar-refractivity contribution is 0.449. The minimum atomic E-state index is 0.359. The summed E-state index contributed by atoms with van der Waals surface area (Å²) in [6.07, 6.45) is 9.73. The summed E-state index contributed by atoms with van der Waals surface area (Å²) < 4.78 is 0.359. The van der Waals surface area contributed by atoms with E-state index in [9.17, 15) is 0 Å². The first kappa shape index (κ1) is 8.68. The second kappa shape index (κ2) is 2.54. The van der Waals surface area contributed by atoms with Gasteiger partial charge in [-0.1, -0.05) is 26.0 Å². The molecule has 2 aliphatic carbocycles. The largest absolute Gasteiger partial charge is 0.172 e. The molecule has 12 heavy (non-hydrogen) atoms. The van der Waals surface area contributed by atoms with Crippen molar-refractivity contribution >= 4 is 12.6 Å². The summed E-state index contributed by atoms with van der Waals surface area (Å²) in [6.45, 7) is 4.77. The van der Waals surface area contributed by atoms with Crippen LogP contribution < -0.4 is 0 Å². The first-order chi connectivity index (χ1) is 5.61. The third-order valence-electron chi connectivity index (χ3n) is 4.27. The van der Waals surface area contributed by atoms with Crippen molar-refractivity contribution < 1.29 is 0 Å². The molecule has 0 spiro atoms. The molecule has 1 fully saturated rings. The summed E-state index contributed by atoms with van der Waals surface area (Å²) in [7, 11) is 0. The third kappa shape index (κ3) is 0.921. The van der Waals surface area contributed by atoms with Crippen LogP contribution in [-0.4, -0.2) is 4.75 Å². The highest BCUT2D eigenvalue weighted by Crippen LogP contribution is 2.70. The molecular weight excluding hydrogens is 164 g/mol. The molecule has 0 aromatic rings. The molecular formula is C11H18S. The fourth-order valence-corrected chi connectivity index (χ4v) is 3.50. The summed E-state index contributed by atoms with van der Waals surface area (Å²) in [6, 6.07) is 0. The number of hydrogen-bond donors (Lipinski definition) is 1. The molecule has 68 valence electrons. The van der Waals surface area contributed by atoms with Crippen LogP contribution in [0.25, 0.3) is 0 Å². The molecule has 0 heterocycles. The van der Waals surface area contributed by atoms with Crippen LogP contribution in [0.2, 0.25) is 0 Å². The fourth-order valence-electron chi connectivity index (χ4n) is 2.84. The lowest BCUT2D eigenvalue weighted by Gasteiger charge is -2.18. The van der Waals surface area contributed by atoms with Gasteiger partial charge in [0.2, 0.25) is 0 Å². The molecule has 0 aliphatic heterocycles. The van der Waals surface area contributed by atoms with Crippen molar-refractivity contribution in [3.05, 3.63) is 12.2 Å². The van der Waals surface area contributed by atoms with Gasteiger partial charge in [-0.05, 0) is 37.0 Å². The average molecular weight is 182 g/mol. The Bertz CT molecular complexity index is 199. The maximum Gasteiger partial charge on any atom is 0.0220 e. The number of allylic oxidation sites excluding steroid dienone is 2. The maximum absolute atomic E-state index is 4.86. The first-order valence-corrected chi connectivity index (χ1v) is 5.43. The van der Waals surface area contributed by atoms with E-state index < -0.39 is 0 Å². The van der Waals surface area contributed by atoms with E-state index in [2.05, 4.69) is 26.0 Å². The molecule has 0 aromatic carbocycles. The lowest BCUT2D eigenvalue weighted by atomic mass is 9.94. The second-order valence-electron chi connectivity index (χ2n) is 4.61. The Morgan fingerprint density at radius 3 is 2.50 bits per heavy atom. The monoisotopic (exact) mass is 182 g/mol. The predicted molar refractivity (Wildman–Crippen MR) is 56.6 cm³/mol. The Hall–Kier alpha value is 0.0900. The van der Waals surface area contributed by atoms with Crippen molar-refractivity contribution in [3.8, 4) is 0 Å². The minimum Gasteiger partial charge on any atom is -0.172 e. The quantitative estimate of drug-likeness (QED) is 0.430. The molecule has 0 bridgehead atoms. The van der Waals surface area contributed by atoms with Crippen LogP contribution in [0.4, 0.5) is 0 Å². The number of rotatable bonds is 0.